The van der Waals surface area contributed by atoms with Gasteiger partial charge in [-0.2, -0.15) is 4.31 Å². The molecule has 2 unspecified atom stereocenters. The van der Waals surface area contributed by atoms with Crippen molar-refractivity contribution in [3.05, 3.63) is 76.8 Å². The van der Waals surface area contributed by atoms with Gasteiger partial charge in [0.1, 0.15) is 23.3 Å². The van der Waals surface area contributed by atoms with Gasteiger partial charge in [-0.3, -0.25) is 14.1 Å². The molecule has 0 aliphatic carbocycles. The highest BCUT2D eigenvalue weighted by Crippen LogP contribution is 2.58. The summed E-state index contributed by atoms with van der Waals surface area (Å²) in [5.41, 5.74) is -1.80. The highest BCUT2D eigenvalue weighted by molar-refractivity contribution is 7.98. The molecule has 1 fully saturated rings. The lowest BCUT2D eigenvalue weighted by molar-refractivity contribution is -0.953. The summed E-state index contributed by atoms with van der Waals surface area (Å²) >= 11 is 7.77. The Hall–Kier alpha value is -3.50. The summed E-state index contributed by atoms with van der Waals surface area (Å²) in [5, 5.41) is 13.7. The van der Waals surface area contributed by atoms with Crippen LogP contribution < -0.4 is 19.1 Å². The SMILES string of the molecule is CNC(=O)[C@@H]1C[C@@H](O)C[N+]1(C)C1(c2ccccc2SC)C(=O)N(S(=O)(=O)c2ccc(OC)cc2OC(F)(F)F)c2ccc(Cl)cc21. The number of thioether (sulfide) groups is 1. The number of nitrogens with one attached hydrogen (secondary N) is 1. The van der Waals surface area contributed by atoms with Crippen molar-refractivity contribution in [2.45, 2.75) is 40.3 Å². The van der Waals surface area contributed by atoms with Crippen LogP contribution in [0.3, 0.4) is 0 Å². The minimum atomic E-state index is -5.29. The fraction of sp³-hybridized carbons (Fsp3) is 0.333. The van der Waals surface area contributed by atoms with Crippen LogP contribution in [0, 0.1) is 0 Å². The number of halogens is 4. The van der Waals surface area contributed by atoms with Crippen molar-refractivity contribution in [3.63, 3.8) is 0 Å². The van der Waals surface area contributed by atoms with Gasteiger partial charge in [0.25, 0.3) is 15.9 Å². The Bertz CT molecular complexity index is 1830. The monoisotopic (exact) mass is 700 g/mol. The number of amides is 2. The number of likely N-dealkylation sites (N-methyl/N-ethyl adjacent to an activating group) is 2. The highest BCUT2D eigenvalue weighted by atomic mass is 35.5. The molecule has 3 aromatic rings. The van der Waals surface area contributed by atoms with E-state index < -0.39 is 61.0 Å². The Balaban J connectivity index is 1.89. The fourth-order valence-electron chi connectivity index (χ4n) is 6.72. The fourth-order valence-corrected chi connectivity index (χ4v) is 9.10. The third-order valence-electron chi connectivity index (χ3n) is 8.54. The van der Waals surface area contributed by atoms with Gasteiger partial charge in [-0.25, -0.2) is 8.42 Å². The molecule has 0 bridgehead atoms. The number of alkyl halides is 3. The van der Waals surface area contributed by atoms with E-state index >= 15 is 4.79 Å². The molecule has 0 aromatic heterocycles. The number of carbonyl (C=O) groups is 2. The van der Waals surface area contributed by atoms with E-state index in [-0.39, 0.29) is 35.0 Å². The first-order valence-corrected chi connectivity index (χ1v) is 16.8. The zero-order chi connectivity index (χ0) is 33.8. The van der Waals surface area contributed by atoms with Gasteiger partial charge in [0, 0.05) is 35.0 Å². The number of quaternary nitrogens is 1. The number of carbonyl (C=O) groups excluding carboxylic acids is 2. The summed E-state index contributed by atoms with van der Waals surface area (Å²) in [4.78, 5) is 28.4. The predicted octanol–water partition coefficient (Wildman–Crippen LogP) is 4.27. The molecule has 2 amide bonds. The standard InChI is InChI=1S/C30H29ClF3N3O7S2/c1-35-27(39)23-14-18(38)16-37(23,2)29(20-7-5-6-8-25(20)45-4)21-13-17(31)9-11-22(21)36(28(29)40)46(41,42)26-12-10-19(43-3)15-24(26)44-30(32,33)34/h5-13,15,18,23,38H,14,16H2,1-4H3/p+1/t18-,23+,29?,37?/m1/s1. The van der Waals surface area contributed by atoms with E-state index in [0.717, 1.165) is 18.2 Å². The Labute approximate surface area is 272 Å². The zero-order valence-electron chi connectivity index (χ0n) is 25.0. The van der Waals surface area contributed by atoms with E-state index in [1.54, 1.807) is 37.6 Å². The molecule has 10 nitrogen and oxygen atoms in total. The maximum atomic E-state index is 15.3. The zero-order valence-corrected chi connectivity index (χ0v) is 27.4. The quantitative estimate of drug-likeness (QED) is 0.264. The summed E-state index contributed by atoms with van der Waals surface area (Å²) in [7, 11) is -1.01. The number of aliphatic hydroxyl groups is 1. The molecule has 2 aliphatic heterocycles. The van der Waals surface area contributed by atoms with Crippen LogP contribution in [0.25, 0.3) is 0 Å². The maximum absolute atomic E-state index is 15.3. The van der Waals surface area contributed by atoms with Crippen LogP contribution in [-0.2, 0) is 25.2 Å². The van der Waals surface area contributed by atoms with Crippen LogP contribution in [0.15, 0.2) is 70.5 Å². The van der Waals surface area contributed by atoms with Crippen LogP contribution in [0.2, 0.25) is 5.02 Å². The first-order chi connectivity index (χ1) is 21.6. The topological polar surface area (TPSA) is 122 Å². The Morgan fingerprint density at radius 2 is 1.85 bits per heavy atom. The minimum absolute atomic E-state index is 0.0582. The smallest absolute Gasteiger partial charge is 0.497 e. The number of hydrogen-bond donors (Lipinski definition) is 2. The van der Waals surface area contributed by atoms with E-state index in [1.165, 1.54) is 44.1 Å². The van der Waals surface area contributed by atoms with E-state index in [1.807, 2.05) is 0 Å². The molecule has 2 heterocycles. The third kappa shape index (κ3) is 5.18. The Morgan fingerprint density at radius 1 is 1.15 bits per heavy atom. The highest BCUT2D eigenvalue weighted by Gasteiger charge is 2.71. The van der Waals surface area contributed by atoms with Gasteiger partial charge in [-0.05, 0) is 42.7 Å². The number of ether oxygens (including phenoxy) is 2. The Kier molecular flexibility index (Phi) is 8.79. The normalized spacial score (nSPS) is 24.5. The molecule has 1 saturated heterocycles. The van der Waals surface area contributed by atoms with Crippen molar-refractivity contribution in [1.82, 2.24) is 5.32 Å². The Morgan fingerprint density at radius 3 is 2.48 bits per heavy atom. The lowest BCUT2D eigenvalue weighted by Gasteiger charge is -2.49. The number of fused-ring (bicyclic) bond motifs is 1. The second-order valence-electron chi connectivity index (χ2n) is 11.0. The number of hydrogen-bond acceptors (Lipinski definition) is 8. The van der Waals surface area contributed by atoms with Gasteiger partial charge in [-0.1, -0.05) is 29.8 Å². The first kappa shape index (κ1) is 33.9. The van der Waals surface area contributed by atoms with Crippen molar-refractivity contribution in [2.24, 2.45) is 0 Å². The van der Waals surface area contributed by atoms with Gasteiger partial charge in [0.2, 0.25) is 5.54 Å². The molecular formula is C30H30ClF3N3O7S2+. The lowest BCUT2D eigenvalue weighted by atomic mass is 9.79. The molecule has 0 saturated carbocycles. The van der Waals surface area contributed by atoms with Gasteiger partial charge < -0.3 is 19.9 Å². The van der Waals surface area contributed by atoms with Crippen LogP contribution in [0.5, 0.6) is 11.5 Å². The van der Waals surface area contributed by atoms with Crippen LogP contribution >= 0.6 is 23.4 Å². The van der Waals surface area contributed by atoms with Gasteiger partial charge in [-0.15, -0.1) is 24.9 Å². The molecule has 246 valence electrons. The first-order valence-electron chi connectivity index (χ1n) is 13.8. The molecule has 0 radical (unpaired) electrons. The van der Waals surface area contributed by atoms with E-state index in [2.05, 4.69) is 10.1 Å². The number of nitrogens with zero attached hydrogens (tertiary/aromatic N) is 2. The minimum Gasteiger partial charge on any atom is -0.497 e. The summed E-state index contributed by atoms with van der Waals surface area (Å²) < 4.78 is 78.8. The van der Waals surface area contributed by atoms with Gasteiger partial charge in [0.15, 0.2) is 11.8 Å². The average Bonchev–Trinajstić information content (AvgIpc) is 3.46. The summed E-state index contributed by atoms with van der Waals surface area (Å²) in [6.07, 6.45) is -4.66. The predicted molar refractivity (Wildman–Crippen MR) is 164 cm³/mol. The molecule has 46 heavy (non-hydrogen) atoms. The lowest BCUT2D eigenvalue weighted by Crippen LogP contribution is -2.69. The van der Waals surface area contributed by atoms with Crippen molar-refractivity contribution >= 4 is 50.9 Å². The summed E-state index contributed by atoms with van der Waals surface area (Å²) in [6, 6.07) is 12.5. The van der Waals surface area contributed by atoms with E-state index in [0.29, 0.717) is 14.8 Å². The van der Waals surface area contributed by atoms with Crippen LogP contribution in [0.4, 0.5) is 18.9 Å². The number of anilines is 1. The molecule has 3 aromatic carbocycles. The van der Waals surface area contributed by atoms with Gasteiger partial charge in [0.05, 0.1) is 25.4 Å². The number of benzene rings is 3. The molecule has 4 atom stereocenters. The maximum Gasteiger partial charge on any atom is 0.573 e. The molecule has 2 aliphatic rings. The summed E-state index contributed by atoms with van der Waals surface area (Å²) in [6.45, 7) is -0.155. The van der Waals surface area contributed by atoms with Gasteiger partial charge >= 0.3 is 12.3 Å². The number of sulfonamides is 1. The van der Waals surface area contributed by atoms with Crippen LogP contribution in [-0.4, -0.2) is 82.3 Å². The molecular weight excluding hydrogens is 671 g/mol. The number of rotatable bonds is 8. The van der Waals surface area contributed by atoms with E-state index in [9.17, 15) is 31.5 Å². The van der Waals surface area contributed by atoms with E-state index in [4.69, 9.17) is 16.3 Å². The molecule has 16 heteroatoms. The van der Waals surface area contributed by atoms with Crippen molar-refractivity contribution < 1.29 is 50.2 Å². The average molecular weight is 701 g/mol. The second kappa shape index (κ2) is 11.9. The van der Waals surface area contributed by atoms with Crippen molar-refractivity contribution in [3.8, 4) is 11.5 Å². The van der Waals surface area contributed by atoms with Crippen LogP contribution in [0.1, 0.15) is 17.5 Å². The number of aliphatic hydroxyl groups excluding tert-OH is 1. The number of likely N-dealkylation sites (tertiary alicyclic amines) is 1. The molecule has 2 N–H and O–H groups in total. The molecule has 0 spiro atoms. The largest absolute Gasteiger partial charge is 0.573 e. The van der Waals surface area contributed by atoms with Crippen molar-refractivity contribution in [2.75, 3.05) is 38.3 Å². The second-order valence-corrected chi connectivity index (χ2v) is 14.0. The summed E-state index contributed by atoms with van der Waals surface area (Å²) in [5.74, 6) is -2.82. The van der Waals surface area contributed by atoms with Crippen molar-refractivity contribution in [1.29, 1.82) is 0 Å². The number of methoxy groups -OCH3 is 1. The third-order valence-corrected chi connectivity index (χ3v) is 11.3. The molecule has 5 rings (SSSR count).